The fourth-order valence-electron chi connectivity index (χ4n) is 4.95. The van der Waals surface area contributed by atoms with Crippen LogP contribution < -0.4 is 38.6 Å². The lowest BCUT2D eigenvalue weighted by molar-refractivity contribution is 0.277. The summed E-state index contributed by atoms with van der Waals surface area (Å²) in [6, 6.07) is 14.0. The van der Waals surface area contributed by atoms with Crippen molar-refractivity contribution in [1.29, 1.82) is 0 Å². The molecule has 0 spiro atoms. The molecule has 0 aliphatic heterocycles. The second kappa shape index (κ2) is 15.5. The van der Waals surface area contributed by atoms with Gasteiger partial charge < -0.3 is 37.6 Å². The Labute approximate surface area is 281 Å². The number of hydrogen-bond donors (Lipinski definition) is 0. The first-order valence-electron chi connectivity index (χ1n) is 14.8. The molecule has 0 radical (unpaired) electrons. The molecule has 0 unspecified atom stereocenters. The van der Waals surface area contributed by atoms with Crippen LogP contribution in [0.3, 0.4) is 0 Å². The normalized spacial score (nSPS) is 11.1. The van der Waals surface area contributed by atoms with E-state index < -0.39 is 0 Å². The molecule has 0 fully saturated rings. The van der Waals surface area contributed by atoms with Gasteiger partial charge in [0.15, 0.2) is 34.3 Å². The summed E-state index contributed by atoms with van der Waals surface area (Å²) in [5, 5.41) is 13.9. The number of aromatic nitrogens is 3. The molecule has 0 aliphatic rings. The first-order valence-corrected chi connectivity index (χ1v) is 15.7. The Hall–Kier alpha value is -5.37. The summed E-state index contributed by atoms with van der Waals surface area (Å²) in [4.78, 5) is 13.5. The Bertz CT molecular complexity index is 1970. The van der Waals surface area contributed by atoms with Crippen LogP contribution in [0.5, 0.6) is 40.2 Å². The Morgan fingerprint density at radius 3 is 2.15 bits per heavy atom. The predicted molar refractivity (Wildman–Crippen MR) is 182 cm³/mol. The van der Waals surface area contributed by atoms with Gasteiger partial charge in [0.25, 0.3) is 0 Å². The van der Waals surface area contributed by atoms with Crippen LogP contribution in [0.1, 0.15) is 17.8 Å². The smallest absolute Gasteiger partial charge is 0.212 e. The summed E-state index contributed by atoms with van der Waals surface area (Å²) in [5.74, 6) is 4.42. The maximum atomic E-state index is 13.5. The van der Waals surface area contributed by atoms with Gasteiger partial charge in [-0.2, -0.15) is 9.78 Å². The SMILES string of the molecule is COc1ccccc1C=Nn1c(C)nnc1SCCCOc1c(OC)cc2oc(-c3cc(OC)c(OC)c(OC)c3)cc(=O)c2c1OC. The number of nitrogens with zero attached hydrogens (tertiary/aromatic N) is 4. The zero-order valence-electron chi connectivity index (χ0n) is 27.7. The standard InChI is InChI=1S/C34H36N4O9S/c1-20-36-37-34(38(20)35-19-21-11-8-9-12-24(21)40-2)48-14-10-13-46-32-29(43-5)18-26-30(33(32)45-7)23(39)17-25(47-26)22-15-27(41-3)31(44-6)28(16-22)42-4/h8-9,11-12,15-19H,10,13-14H2,1-7H3. The molecule has 2 aromatic heterocycles. The molecular weight excluding hydrogens is 640 g/mol. The van der Waals surface area contributed by atoms with Crippen LogP contribution in [-0.4, -0.2) is 76.1 Å². The molecule has 48 heavy (non-hydrogen) atoms. The average Bonchev–Trinajstić information content (AvgIpc) is 3.47. The van der Waals surface area contributed by atoms with E-state index in [-0.39, 0.29) is 27.9 Å². The van der Waals surface area contributed by atoms with E-state index in [2.05, 4.69) is 15.3 Å². The van der Waals surface area contributed by atoms with E-state index in [9.17, 15) is 4.79 Å². The fourth-order valence-corrected chi connectivity index (χ4v) is 5.79. The summed E-state index contributed by atoms with van der Waals surface area (Å²) >= 11 is 1.49. The van der Waals surface area contributed by atoms with E-state index in [0.29, 0.717) is 64.1 Å². The largest absolute Gasteiger partial charge is 0.496 e. The zero-order valence-corrected chi connectivity index (χ0v) is 28.5. The first kappa shape index (κ1) is 34.0. The van der Waals surface area contributed by atoms with Gasteiger partial charge in [0.1, 0.15) is 22.5 Å². The Balaban J connectivity index is 1.33. The molecule has 0 saturated carbocycles. The highest BCUT2D eigenvalue weighted by Crippen LogP contribution is 2.45. The van der Waals surface area contributed by atoms with Crippen molar-refractivity contribution >= 4 is 28.9 Å². The minimum absolute atomic E-state index is 0.211. The topological polar surface area (TPSA) is 138 Å². The highest BCUT2D eigenvalue weighted by atomic mass is 32.2. The van der Waals surface area contributed by atoms with Gasteiger partial charge >= 0.3 is 0 Å². The monoisotopic (exact) mass is 676 g/mol. The van der Waals surface area contributed by atoms with Gasteiger partial charge in [-0.25, -0.2) is 0 Å². The Kier molecular flexibility index (Phi) is 11.0. The minimum atomic E-state index is -0.330. The van der Waals surface area contributed by atoms with Gasteiger partial charge in [-0.3, -0.25) is 4.79 Å². The lowest BCUT2D eigenvalue weighted by Gasteiger charge is -2.17. The average molecular weight is 677 g/mol. The molecule has 13 nitrogen and oxygen atoms in total. The number of para-hydroxylation sites is 1. The number of methoxy groups -OCH3 is 6. The lowest BCUT2D eigenvalue weighted by Crippen LogP contribution is -2.07. The minimum Gasteiger partial charge on any atom is -0.496 e. The molecule has 0 atom stereocenters. The highest BCUT2D eigenvalue weighted by molar-refractivity contribution is 7.99. The van der Waals surface area contributed by atoms with Crippen molar-refractivity contribution in [1.82, 2.24) is 14.9 Å². The number of fused-ring (bicyclic) bond motifs is 1. The fraction of sp³-hybridized carbons (Fsp3) is 0.294. The molecule has 5 aromatic rings. The third-order valence-electron chi connectivity index (χ3n) is 7.25. The number of benzene rings is 3. The van der Waals surface area contributed by atoms with Crippen molar-refractivity contribution in [3.05, 3.63) is 70.1 Å². The van der Waals surface area contributed by atoms with E-state index in [1.165, 1.54) is 53.4 Å². The van der Waals surface area contributed by atoms with E-state index in [1.807, 2.05) is 31.2 Å². The Morgan fingerprint density at radius 1 is 0.812 bits per heavy atom. The Morgan fingerprint density at radius 2 is 1.48 bits per heavy atom. The zero-order chi connectivity index (χ0) is 34.2. The number of thioether (sulfide) groups is 1. The summed E-state index contributed by atoms with van der Waals surface area (Å²) in [7, 11) is 9.13. The van der Waals surface area contributed by atoms with Crippen molar-refractivity contribution in [3.8, 4) is 51.6 Å². The second-order valence-corrected chi connectivity index (χ2v) is 11.1. The van der Waals surface area contributed by atoms with Crippen LogP contribution in [0.4, 0.5) is 0 Å². The van der Waals surface area contributed by atoms with Gasteiger partial charge in [0.05, 0.1) is 55.5 Å². The molecule has 0 bridgehead atoms. The van der Waals surface area contributed by atoms with Crippen LogP contribution in [0.15, 0.2) is 68.0 Å². The molecule has 0 aliphatic carbocycles. The third kappa shape index (κ3) is 6.98. The predicted octanol–water partition coefficient (Wildman–Crippen LogP) is 5.85. The molecule has 2 heterocycles. The first-order chi connectivity index (χ1) is 23.4. The summed E-state index contributed by atoms with van der Waals surface area (Å²) in [6.07, 6.45) is 2.34. The van der Waals surface area contributed by atoms with Gasteiger partial charge in [-0.15, -0.1) is 10.2 Å². The second-order valence-electron chi connectivity index (χ2n) is 10.1. The van der Waals surface area contributed by atoms with Gasteiger partial charge in [-0.1, -0.05) is 23.9 Å². The van der Waals surface area contributed by atoms with Gasteiger partial charge in [0, 0.05) is 29.0 Å². The third-order valence-corrected chi connectivity index (χ3v) is 8.26. The van der Waals surface area contributed by atoms with Crippen LogP contribution in [0.25, 0.3) is 22.3 Å². The van der Waals surface area contributed by atoms with E-state index >= 15 is 0 Å². The van der Waals surface area contributed by atoms with Crippen molar-refractivity contribution in [2.75, 3.05) is 55.0 Å². The number of rotatable bonds is 15. The molecule has 3 aromatic carbocycles. The summed E-state index contributed by atoms with van der Waals surface area (Å²) < 4.78 is 47.1. The van der Waals surface area contributed by atoms with Crippen molar-refractivity contribution in [2.24, 2.45) is 5.10 Å². The van der Waals surface area contributed by atoms with Crippen molar-refractivity contribution in [2.45, 2.75) is 18.5 Å². The molecule has 0 N–H and O–H groups in total. The van der Waals surface area contributed by atoms with Crippen molar-refractivity contribution in [3.63, 3.8) is 0 Å². The molecule has 0 saturated heterocycles. The van der Waals surface area contributed by atoms with Crippen LogP contribution in [0.2, 0.25) is 0 Å². The maximum absolute atomic E-state index is 13.5. The van der Waals surface area contributed by atoms with Gasteiger partial charge in [0.2, 0.25) is 16.7 Å². The van der Waals surface area contributed by atoms with E-state index in [1.54, 1.807) is 36.2 Å². The lowest BCUT2D eigenvalue weighted by atomic mass is 10.1. The molecule has 5 rings (SSSR count). The highest BCUT2D eigenvalue weighted by Gasteiger charge is 2.23. The van der Waals surface area contributed by atoms with Crippen LogP contribution in [0, 0.1) is 6.92 Å². The van der Waals surface area contributed by atoms with Gasteiger partial charge in [-0.05, 0) is 37.6 Å². The van der Waals surface area contributed by atoms with Crippen LogP contribution in [-0.2, 0) is 0 Å². The summed E-state index contributed by atoms with van der Waals surface area (Å²) in [6.45, 7) is 2.14. The number of ether oxygens (including phenoxy) is 7. The van der Waals surface area contributed by atoms with Crippen molar-refractivity contribution < 1.29 is 37.6 Å². The maximum Gasteiger partial charge on any atom is 0.212 e. The van der Waals surface area contributed by atoms with E-state index in [4.69, 9.17) is 37.6 Å². The molecule has 14 heteroatoms. The number of aryl methyl sites for hydroxylation is 1. The molecular formula is C34H36N4O9S. The molecule has 0 amide bonds. The van der Waals surface area contributed by atoms with Crippen LogP contribution >= 0.6 is 11.8 Å². The summed E-state index contributed by atoms with van der Waals surface area (Å²) in [5.41, 5.74) is 1.31. The van der Waals surface area contributed by atoms with E-state index in [0.717, 1.165) is 11.3 Å². The quantitative estimate of drug-likeness (QED) is 0.0746. The molecule has 252 valence electrons. The number of hydrogen-bond acceptors (Lipinski definition) is 13.